The van der Waals surface area contributed by atoms with Crippen molar-refractivity contribution in [1.29, 1.82) is 0 Å². The van der Waals surface area contributed by atoms with Crippen LogP contribution in [0.15, 0.2) is 57.9 Å². The number of nitro groups is 2. The molecule has 3 rings (SSSR count). The van der Waals surface area contributed by atoms with Gasteiger partial charge in [0.1, 0.15) is 0 Å². The molecule has 2 aromatic carbocycles. The Labute approximate surface area is 199 Å². The zero-order valence-electron chi connectivity index (χ0n) is 17.0. The van der Waals surface area contributed by atoms with Crippen molar-refractivity contribution in [3.63, 3.8) is 0 Å². The number of sulfonamides is 1. The average molecular weight is 553 g/mol. The molecule has 0 bridgehead atoms. The first-order valence-electron chi connectivity index (χ1n) is 8.96. The molecule has 34 heavy (non-hydrogen) atoms. The molecule has 0 fully saturated rings. The fourth-order valence-corrected chi connectivity index (χ4v) is 4.11. The molecule has 0 aliphatic rings. The molecule has 1 amide bonds. The Morgan fingerprint density at radius 2 is 1.59 bits per heavy atom. The van der Waals surface area contributed by atoms with Crippen LogP contribution in [0.5, 0.6) is 5.88 Å². The van der Waals surface area contributed by atoms with Crippen LogP contribution in [0.4, 0.5) is 22.9 Å². The summed E-state index contributed by atoms with van der Waals surface area (Å²) in [7, 11) is -2.64. The van der Waals surface area contributed by atoms with Gasteiger partial charge in [-0.3, -0.25) is 29.7 Å². The van der Waals surface area contributed by atoms with Crippen molar-refractivity contribution in [2.24, 2.45) is 0 Å². The summed E-state index contributed by atoms with van der Waals surface area (Å²) in [4.78, 5) is 33.0. The van der Waals surface area contributed by atoms with E-state index in [4.69, 9.17) is 4.74 Å². The molecule has 14 nitrogen and oxygen atoms in total. The summed E-state index contributed by atoms with van der Waals surface area (Å²) in [5.74, 6) is -0.720. The van der Waals surface area contributed by atoms with Gasteiger partial charge >= 0.3 is 0 Å². The van der Waals surface area contributed by atoms with E-state index in [2.05, 4.69) is 36.2 Å². The summed E-state index contributed by atoms with van der Waals surface area (Å²) in [6.07, 6.45) is 0. The van der Waals surface area contributed by atoms with Crippen molar-refractivity contribution >= 4 is 54.7 Å². The Morgan fingerprint density at radius 1 is 1.00 bits per heavy atom. The van der Waals surface area contributed by atoms with E-state index in [1.165, 1.54) is 43.5 Å². The lowest BCUT2D eigenvalue weighted by molar-refractivity contribution is -0.395. The second-order valence-corrected chi connectivity index (χ2v) is 8.86. The molecule has 0 atom stereocenters. The number of halogens is 1. The lowest BCUT2D eigenvalue weighted by Gasteiger charge is -2.09. The number of anilines is 2. The van der Waals surface area contributed by atoms with Gasteiger partial charge in [-0.15, -0.1) is 10.2 Å². The van der Waals surface area contributed by atoms with E-state index < -0.39 is 37.2 Å². The fraction of sp³-hybridized carbons (Fsp3) is 0.0556. The molecule has 0 spiro atoms. The van der Waals surface area contributed by atoms with Gasteiger partial charge in [-0.2, -0.15) is 0 Å². The minimum Gasteiger partial charge on any atom is -0.480 e. The zero-order chi connectivity index (χ0) is 25.0. The summed E-state index contributed by atoms with van der Waals surface area (Å²) < 4.78 is 31.7. The van der Waals surface area contributed by atoms with Crippen molar-refractivity contribution in [3.8, 4) is 5.88 Å². The number of nitro benzene ring substituents is 2. The monoisotopic (exact) mass is 552 g/mol. The Bertz CT molecular complexity index is 1350. The van der Waals surface area contributed by atoms with Gasteiger partial charge in [0.2, 0.25) is 5.88 Å². The molecule has 176 valence electrons. The maximum Gasteiger partial charge on any atom is 0.291 e. The minimum atomic E-state index is -4.03. The highest BCUT2D eigenvalue weighted by Crippen LogP contribution is 2.35. The first-order chi connectivity index (χ1) is 16.0. The van der Waals surface area contributed by atoms with Crippen LogP contribution in [0.25, 0.3) is 0 Å². The van der Waals surface area contributed by atoms with Crippen LogP contribution in [0, 0.1) is 20.2 Å². The molecule has 0 aliphatic carbocycles. The maximum absolute atomic E-state index is 12.5. The second kappa shape index (κ2) is 9.75. The predicted molar refractivity (Wildman–Crippen MR) is 121 cm³/mol. The van der Waals surface area contributed by atoms with Crippen LogP contribution in [0.3, 0.4) is 0 Å². The average Bonchev–Trinajstić information content (AvgIpc) is 2.79. The number of ether oxygens (including phenoxy) is 1. The minimum absolute atomic E-state index is 0.0448. The smallest absolute Gasteiger partial charge is 0.291 e. The van der Waals surface area contributed by atoms with Crippen LogP contribution in [0.1, 0.15) is 10.4 Å². The largest absolute Gasteiger partial charge is 0.480 e. The number of methoxy groups -OCH3 is 1. The van der Waals surface area contributed by atoms with E-state index in [1.807, 2.05) is 0 Å². The predicted octanol–water partition coefficient (Wildman–Crippen LogP) is 3.12. The van der Waals surface area contributed by atoms with Gasteiger partial charge in [-0.25, -0.2) is 8.42 Å². The summed E-state index contributed by atoms with van der Waals surface area (Å²) in [5, 5.41) is 32.1. The standard InChI is InChI=1S/C18H13BrN6O8S/c1-33-16-7-6-15(21-22-16)23-34(31,32)12-4-2-11(3-5-12)20-18(26)10-8-13(24(27)28)17(19)14(9-10)25(29)30/h2-9H,1H3,(H,20,26)(H,21,23). The van der Waals surface area contributed by atoms with Crippen molar-refractivity contribution in [1.82, 2.24) is 10.2 Å². The van der Waals surface area contributed by atoms with Gasteiger partial charge in [0.15, 0.2) is 10.3 Å². The summed E-state index contributed by atoms with van der Waals surface area (Å²) in [5.41, 5.74) is -1.51. The number of aromatic nitrogens is 2. The number of nitrogens with zero attached hydrogens (tertiary/aromatic N) is 4. The van der Waals surface area contributed by atoms with Gasteiger partial charge in [0.25, 0.3) is 27.3 Å². The van der Waals surface area contributed by atoms with Gasteiger partial charge in [-0.1, -0.05) is 0 Å². The molecule has 1 aromatic heterocycles. The third-order valence-electron chi connectivity index (χ3n) is 4.20. The first-order valence-corrected chi connectivity index (χ1v) is 11.2. The molecule has 2 N–H and O–H groups in total. The Balaban J connectivity index is 1.79. The topological polar surface area (TPSA) is 197 Å². The van der Waals surface area contributed by atoms with Gasteiger partial charge < -0.3 is 10.1 Å². The Morgan fingerprint density at radius 3 is 2.06 bits per heavy atom. The van der Waals surface area contributed by atoms with Gasteiger partial charge in [0, 0.05) is 23.9 Å². The van der Waals surface area contributed by atoms with E-state index in [0.29, 0.717) is 0 Å². The van der Waals surface area contributed by atoms with Gasteiger partial charge in [0.05, 0.1) is 27.4 Å². The van der Waals surface area contributed by atoms with E-state index in [9.17, 15) is 33.4 Å². The molecule has 0 aliphatic heterocycles. The second-order valence-electron chi connectivity index (χ2n) is 6.39. The SMILES string of the molecule is COc1ccc(NS(=O)(=O)c2ccc(NC(=O)c3cc([N+](=O)[O-])c(Br)c([N+](=O)[O-])c3)cc2)nn1. The molecule has 0 unspecified atom stereocenters. The molecule has 0 saturated heterocycles. The van der Waals surface area contributed by atoms with Gasteiger partial charge in [-0.05, 0) is 46.3 Å². The highest BCUT2D eigenvalue weighted by Gasteiger charge is 2.27. The number of hydrogen-bond acceptors (Lipinski definition) is 10. The first kappa shape index (κ1) is 24.5. The lowest BCUT2D eigenvalue weighted by atomic mass is 10.1. The third-order valence-corrected chi connectivity index (χ3v) is 6.38. The molecule has 0 saturated carbocycles. The molecular weight excluding hydrogens is 540 g/mol. The number of benzene rings is 2. The summed E-state index contributed by atoms with van der Waals surface area (Å²) in [6.45, 7) is 0. The number of hydrogen-bond donors (Lipinski definition) is 2. The molecular formula is C18H13BrN6O8S. The summed E-state index contributed by atoms with van der Waals surface area (Å²) >= 11 is 2.80. The third kappa shape index (κ3) is 5.41. The molecule has 16 heteroatoms. The van der Waals surface area contributed by atoms with E-state index >= 15 is 0 Å². The van der Waals surface area contributed by atoms with Crippen molar-refractivity contribution < 1.29 is 27.8 Å². The fourth-order valence-electron chi connectivity index (χ4n) is 2.59. The maximum atomic E-state index is 12.5. The Hall–Kier alpha value is -4.18. The van der Waals surface area contributed by atoms with Crippen LogP contribution < -0.4 is 14.8 Å². The van der Waals surface area contributed by atoms with Crippen molar-refractivity contribution in [3.05, 3.63) is 78.8 Å². The number of carbonyl (C=O) groups is 1. The quantitative estimate of drug-likeness (QED) is 0.309. The van der Waals surface area contributed by atoms with E-state index in [1.54, 1.807) is 0 Å². The zero-order valence-corrected chi connectivity index (χ0v) is 19.4. The van der Waals surface area contributed by atoms with Crippen LogP contribution in [-0.2, 0) is 10.0 Å². The van der Waals surface area contributed by atoms with Crippen LogP contribution in [0.2, 0.25) is 0 Å². The number of nitrogens with one attached hydrogen (secondary N) is 2. The van der Waals surface area contributed by atoms with Crippen molar-refractivity contribution in [2.45, 2.75) is 4.90 Å². The summed E-state index contributed by atoms with van der Waals surface area (Å²) in [6, 6.07) is 9.47. The van der Waals surface area contributed by atoms with E-state index in [-0.39, 0.29) is 32.3 Å². The van der Waals surface area contributed by atoms with E-state index in [0.717, 1.165) is 12.1 Å². The lowest BCUT2D eigenvalue weighted by Crippen LogP contribution is -2.15. The number of amides is 1. The number of rotatable bonds is 8. The van der Waals surface area contributed by atoms with Crippen molar-refractivity contribution in [2.75, 3.05) is 17.1 Å². The molecule has 0 radical (unpaired) electrons. The number of carbonyl (C=O) groups excluding carboxylic acids is 1. The Kier molecular flexibility index (Phi) is 7.02. The highest BCUT2D eigenvalue weighted by atomic mass is 79.9. The van der Waals surface area contributed by atoms with Crippen LogP contribution >= 0.6 is 15.9 Å². The molecule has 3 aromatic rings. The van der Waals surface area contributed by atoms with Crippen LogP contribution in [-0.4, -0.2) is 41.5 Å². The molecule has 1 heterocycles. The normalized spacial score (nSPS) is 10.9. The highest BCUT2D eigenvalue weighted by molar-refractivity contribution is 9.10.